The van der Waals surface area contributed by atoms with Gasteiger partial charge in [0, 0.05) is 16.6 Å². The van der Waals surface area contributed by atoms with E-state index in [9.17, 15) is 48.1 Å². The lowest BCUT2D eigenvalue weighted by atomic mass is 9.63. The highest BCUT2D eigenvalue weighted by atomic mass is 32.2. The molecule has 47 heavy (non-hydrogen) atoms. The van der Waals surface area contributed by atoms with Gasteiger partial charge >= 0.3 is 30.3 Å². The maximum absolute atomic E-state index is 14.2. The first kappa shape index (κ1) is 37.6. The number of hydrogen-bond donors (Lipinski definition) is 4. The summed E-state index contributed by atoms with van der Waals surface area (Å²) in [5, 5.41) is 35.6. The standard InChI is InChI=1S/C30H39F2NO13S/c1-14(2)44-25(40)42-11-28(13-47-16-8-9-17(31)18(32)10-16)21(34)19-20(22(35)36)29(19,12-43-26(41)45-15(3)4)30(28,23(37)38)33-24(39)46-27(5,6)7/h8-10,14-15,19-21,34H,11-13H2,1-7H3,(H,33,39)(H,35,36)(H,37,38)/t19-,20-,21-,28-,29+,30-/m0/s1. The second-order valence-electron chi connectivity index (χ2n) is 12.9. The number of amides is 1. The van der Waals surface area contributed by atoms with Crippen LogP contribution in [0.2, 0.25) is 0 Å². The van der Waals surface area contributed by atoms with E-state index < -0.39 is 113 Å². The summed E-state index contributed by atoms with van der Waals surface area (Å²) in [5.74, 6) is -9.75. The summed E-state index contributed by atoms with van der Waals surface area (Å²) in [6.45, 7) is 8.43. The smallest absolute Gasteiger partial charge is 0.481 e. The number of hydrogen-bond acceptors (Lipinski definition) is 12. The van der Waals surface area contributed by atoms with Gasteiger partial charge in [0.25, 0.3) is 0 Å². The number of carboxylic acids is 2. The van der Waals surface area contributed by atoms with Gasteiger partial charge in [-0.25, -0.2) is 28.0 Å². The summed E-state index contributed by atoms with van der Waals surface area (Å²) >= 11 is 0.698. The zero-order valence-electron chi connectivity index (χ0n) is 26.8. The van der Waals surface area contributed by atoms with Gasteiger partial charge in [-0.05, 0) is 66.7 Å². The molecule has 0 heterocycles. The van der Waals surface area contributed by atoms with E-state index in [4.69, 9.17) is 23.7 Å². The molecule has 14 nitrogen and oxygen atoms in total. The molecule has 1 aromatic rings. The van der Waals surface area contributed by atoms with E-state index in [1.165, 1.54) is 48.5 Å². The van der Waals surface area contributed by atoms with E-state index in [-0.39, 0.29) is 4.90 Å². The Morgan fingerprint density at radius 2 is 1.49 bits per heavy atom. The van der Waals surface area contributed by atoms with Crippen LogP contribution in [0.4, 0.5) is 23.2 Å². The highest BCUT2D eigenvalue weighted by Crippen LogP contribution is 2.78. The van der Waals surface area contributed by atoms with E-state index in [1.54, 1.807) is 0 Å². The van der Waals surface area contributed by atoms with Crippen LogP contribution in [-0.4, -0.2) is 94.1 Å². The van der Waals surface area contributed by atoms with Crippen LogP contribution >= 0.6 is 11.8 Å². The monoisotopic (exact) mass is 691 g/mol. The molecular formula is C30H39F2NO13S. The predicted molar refractivity (Wildman–Crippen MR) is 157 cm³/mol. The van der Waals surface area contributed by atoms with Gasteiger partial charge in [-0.2, -0.15) is 0 Å². The van der Waals surface area contributed by atoms with E-state index >= 15 is 0 Å². The number of carboxylic acid groups (broad SMARTS) is 2. The van der Waals surface area contributed by atoms with Crippen LogP contribution in [0.5, 0.6) is 0 Å². The van der Waals surface area contributed by atoms with E-state index in [0.29, 0.717) is 11.8 Å². The maximum atomic E-state index is 14.2. The predicted octanol–water partition coefficient (Wildman–Crippen LogP) is 4.21. The number of aliphatic hydroxyl groups is 1. The molecule has 2 saturated carbocycles. The molecule has 6 atom stereocenters. The van der Waals surface area contributed by atoms with Crippen molar-refractivity contribution < 1.29 is 71.8 Å². The second kappa shape index (κ2) is 13.7. The second-order valence-corrected chi connectivity index (χ2v) is 14.0. The molecule has 1 amide bonds. The summed E-state index contributed by atoms with van der Waals surface area (Å²) in [5.41, 5.74) is -8.75. The van der Waals surface area contributed by atoms with Crippen LogP contribution in [0.3, 0.4) is 0 Å². The third-order valence-electron chi connectivity index (χ3n) is 7.95. The number of carbonyl (C=O) groups excluding carboxylic acids is 3. The van der Waals surface area contributed by atoms with Crippen LogP contribution in [0.1, 0.15) is 48.5 Å². The molecule has 3 rings (SSSR count). The van der Waals surface area contributed by atoms with Gasteiger partial charge in [0.05, 0.1) is 35.1 Å². The number of ether oxygens (including phenoxy) is 5. The molecule has 0 radical (unpaired) electrons. The van der Waals surface area contributed by atoms with Crippen molar-refractivity contribution in [3.05, 3.63) is 29.8 Å². The Hall–Kier alpha value is -3.86. The minimum Gasteiger partial charge on any atom is -0.481 e. The molecule has 0 saturated heterocycles. The van der Waals surface area contributed by atoms with Crippen molar-refractivity contribution >= 4 is 42.1 Å². The highest BCUT2D eigenvalue weighted by Gasteiger charge is 2.94. The van der Waals surface area contributed by atoms with Crippen molar-refractivity contribution in [3.8, 4) is 0 Å². The Morgan fingerprint density at radius 3 is 1.96 bits per heavy atom. The molecular weight excluding hydrogens is 652 g/mol. The molecule has 0 spiro atoms. The zero-order valence-corrected chi connectivity index (χ0v) is 27.6. The topological polar surface area (TPSA) is 204 Å². The lowest BCUT2D eigenvalue weighted by Crippen LogP contribution is -2.73. The number of alkyl carbamates (subject to hydrolysis) is 1. The summed E-state index contributed by atoms with van der Waals surface area (Å²) in [4.78, 5) is 64.9. The van der Waals surface area contributed by atoms with E-state index in [2.05, 4.69) is 5.32 Å². The molecule has 0 unspecified atom stereocenters. The fourth-order valence-corrected chi connectivity index (χ4v) is 7.55. The van der Waals surface area contributed by atoms with Crippen molar-refractivity contribution in [1.29, 1.82) is 0 Å². The number of rotatable bonds is 12. The number of thioether (sulfide) groups is 1. The summed E-state index contributed by atoms with van der Waals surface area (Å²) in [6, 6.07) is 2.77. The van der Waals surface area contributed by atoms with Crippen LogP contribution in [0.15, 0.2) is 23.1 Å². The number of aliphatic hydroxyl groups excluding tert-OH is 1. The SMILES string of the molecule is CC(C)OC(=O)OC[C@]1(CSc2ccc(F)c(F)c2)[C@@H](O)[C@@H]2[C@@H](C(=O)O)[C@]2(COC(=O)OC(C)C)[C@]1(NC(=O)OC(C)(C)C)C(=O)O. The third kappa shape index (κ3) is 7.20. The Kier molecular flexibility index (Phi) is 11.0. The number of halogens is 2. The summed E-state index contributed by atoms with van der Waals surface area (Å²) in [7, 11) is 0. The van der Waals surface area contributed by atoms with Gasteiger partial charge in [-0.1, -0.05) is 0 Å². The molecule has 2 aliphatic rings. The first-order chi connectivity index (χ1) is 21.6. The largest absolute Gasteiger partial charge is 0.508 e. The van der Waals surface area contributed by atoms with Gasteiger partial charge in [0.2, 0.25) is 0 Å². The van der Waals surface area contributed by atoms with Crippen molar-refractivity contribution in [2.24, 2.45) is 22.7 Å². The van der Waals surface area contributed by atoms with Crippen LogP contribution in [0, 0.1) is 34.3 Å². The lowest BCUT2D eigenvalue weighted by molar-refractivity contribution is -0.167. The van der Waals surface area contributed by atoms with Crippen molar-refractivity contribution in [1.82, 2.24) is 5.32 Å². The normalized spacial score (nSPS) is 27.9. The lowest BCUT2D eigenvalue weighted by Gasteiger charge is -2.49. The Labute approximate surface area is 273 Å². The van der Waals surface area contributed by atoms with Crippen LogP contribution < -0.4 is 5.32 Å². The molecule has 2 aliphatic carbocycles. The molecule has 1 aromatic carbocycles. The van der Waals surface area contributed by atoms with E-state index in [0.717, 1.165) is 18.2 Å². The average molecular weight is 692 g/mol. The van der Waals surface area contributed by atoms with Gasteiger partial charge in [0.1, 0.15) is 18.8 Å². The molecule has 2 fully saturated rings. The molecule has 0 bridgehead atoms. The molecule has 262 valence electrons. The summed E-state index contributed by atoms with van der Waals surface area (Å²) < 4.78 is 53.8. The molecule has 4 N–H and O–H groups in total. The fraction of sp³-hybridized carbons (Fsp3) is 0.633. The minimum atomic E-state index is -2.92. The average Bonchev–Trinajstić information content (AvgIpc) is 3.57. The van der Waals surface area contributed by atoms with Gasteiger partial charge in [-0.15, -0.1) is 11.8 Å². The maximum Gasteiger partial charge on any atom is 0.508 e. The van der Waals surface area contributed by atoms with Crippen LogP contribution in [-0.2, 0) is 33.3 Å². The van der Waals surface area contributed by atoms with Gasteiger partial charge in [0.15, 0.2) is 17.2 Å². The van der Waals surface area contributed by atoms with Crippen molar-refractivity contribution in [2.75, 3.05) is 19.0 Å². The number of aliphatic carboxylic acids is 2. The molecule has 0 aliphatic heterocycles. The first-order valence-electron chi connectivity index (χ1n) is 14.5. The van der Waals surface area contributed by atoms with Crippen molar-refractivity contribution in [3.63, 3.8) is 0 Å². The zero-order chi connectivity index (χ0) is 35.7. The Balaban J connectivity index is 2.29. The minimum absolute atomic E-state index is 0.0398. The van der Waals surface area contributed by atoms with Gasteiger partial charge < -0.3 is 44.3 Å². The number of carbonyl (C=O) groups is 5. The fourth-order valence-electron chi connectivity index (χ4n) is 6.30. The summed E-state index contributed by atoms with van der Waals surface area (Å²) in [6.07, 6.45) is -7.31. The van der Waals surface area contributed by atoms with Crippen molar-refractivity contribution in [2.45, 2.75) is 82.8 Å². The Bertz CT molecular complexity index is 1400. The highest BCUT2D eigenvalue weighted by molar-refractivity contribution is 7.99. The quantitative estimate of drug-likeness (QED) is 0.138. The third-order valence-corrected chi connectivity index (χ3v) is 9.20. The number of fused-ring (bicyclic) bond motifs is 1. The number of benzene rings is 1. The Morgan fingerprint density at radius 1 is 0.936 bits per heavy atom. The molecule has 0 aromatic heterocycles. The van der Waals surface area contributed by atoms with Crippen LogP contribution in [0.25, 0.3) is 0 Å². The number of nitrogens with one attached hydrogen (secondary N) is 1. The van der Waals surface area contributed by atoms with Gasteiger partial charge in [-0.3, -0.25) is 4.79 Å². The molecule has 17 heteroatoms. The van der Waals surface area contributed by atoms with E-state index in [1.807, 2.05) is 0 Å². The first-order valence-corrected chi connectivity index (χ1v) is 15.5.